The molecular formula is C14H18ClN3OS. The highest BCUT2D eigenvalue weighted by molar-refractivity contribution is 7.19. The van der Waals surface area contributed by atoms with Crippen molar-refractivity contribution in [3.05, 3.63) is 28.9 Å². The maximum atomic E-state index is 9.52. The third-order valence-electron chi connectivity index (χ3n) is 3.72. The van der Waals surface area contributed by atoms with E-state index >= 15 is 0 Å². The highest BCUT2D eigenvalue weighted by Crippen LogP contribution is 2.29. The smallest absolute Gasteiger partial charge is 0.150 e. The first kappa shape index (κ1) is 14.1. The Morgan fingerprint density at radius 3 is 2.80 bits per heavy atom. The van der Waals surface area contributed by atoms with Gasteiger partial charge in [0.05, 0.1) is 15.3 Å². The van der Waals surface area contributed by atoms with Crippen LogP contribution in [0.3, 0.4) is 0 Å². The molecule has 4 nitrogen and oxygen atoms in total. The third kappa shape index (κ3) is 3.23. The van der Waals surface area contributed by atoms with Gasteiger partial charge in [-0.3, -0.25) is 0 Å². The summed E-state index contributed by atoms with van der Waals surface area (Å²) in [6, 6.07) is 3.93. The zero-order valence-electron chi connectivity index (χ0n) is 11.2. The summed E-state index contributed by atoms with van der Waals surface area (Å²) >= 11 is 7.55. The Labute approximate surface area is 127 Å². The molecule has 0 radical (unpaired) electrons. The van der Waals surface area contributed by atoms with Crippen LogP contribution in [0, 0.1) is 0 Å². The number of nitrogens with zero attached hydrogens (tertiary/aromatic N) is 3. The fraction of sp³-hybridized carbons (Fsp3) is 0.500. The van der Waals surface area contributed by atoms with Crippen molar-refractivity contribution in [1.29, 1.82) is 0 Å². The van der Waals surface area contributed by atoms with Crippen LogP contribution in [-0.4, -0.2) is 45.3 Å². The number of piperidine rings is 1. The SMILES string of the molecule is OC1CCN(CCn2ccnc2-c2ccc(Cl)s2)CC1. The zero-order chi connectivity index (χ0) is 13.9. The van der Waals surface area contributed by atoms with Crippen LogP contribution in [0.15, 0.2) is 24.5 Å². The topological polar surface area (TPSA) is 41.3 Å². The number of hydrogen-bond acceptors (Lipinski definition) is 4. The van der Waals surface area contributed by atoms with Gasteiger partial charge in [0.1, 0.15) is 5.82 Å². The van der Waals surface area contributed by atoms with Crippen molar-refractivity contribution < 1.29 is 5.11 Å². The molecule has 0 atom stereocenters. The number of hydrogen-bond donors (Lipinski definition) is 1. The van der Waals surface area contributed by atoms with Gasteiger partial charge in [0.25, 0.3) is 0 Å². The van der Waals surface area contributed by atoms with E-state index in [1.165, 1.54) is 0 Å². The summed E-state index contributed by atoms with van der Waals surface area (Å²) in [7, 11) is 0. The molecule has 20 heavy (non-hydrogen) atoms. The lowest BCUT2D eigenvalue weighted by molar-refractivity contribution is 0.0810. The van der Waals surface area contributed by atoms with Gasteiger partial charge < -0.3 is 14.6 Å². The lowest BCUT2D eigenvalue weighted by Gasteiger charge is -2.29. The van der Waals surface area contributed by atoms with Crippen molar-refractivity contribution in [1.82, 2.24) is 14.5 Å². The average molecular weight is 312 g/mol. The van der Waals surface area contributed by atoms with Crippen LogP contribution in [0.4, 0.5) is 0 Å². The van der Waals surface area contributed by atoms with Gasteiger partial charge in [-0.1, -0.05) is 11.6 Å². The summed E-state index contributed by atoms with van der Waals surface area (Å²) in [6.07, 6.45) is 5.52. The molecule has 1 fully saturated rings. The summed E-state index contributed by atoms with van der Waals surface area (Å²) in [6.45, 7) is 3.88. The Hall–Kier alpha value is -0.880. The molecular weight excluding hydrogens is 294 g/mol. The minimum absolute atomic E-state index is 0.108. The van der Waals surface area contributed by atoms with Crippen molar-refractivity contribution in [2.75, 3.05) is 19.6 Å². The Kier molecular flexibility index (Phi) is 4.41. The molecule has 3 rings (SSSR count). The maximum Gasteiger partial charge on any atom is 0.150 e. The quantitative estimate of drug-likeness (QED) is 0.944. The molecule has 0 aromatic carbocycles. The van der Waals surface area contributed by atoms with E-state index in [1.54, 1.807) is 11.3 Å². The summed E-state index contributed by atoms with van der Waals surface area (Å²) in [5.41, 5.74) is 0. The van der Waals surface area contributed by atoms with Crippen LogP contribution in [0.5, 0.6) is 0 Å². The first-order valence-electron chi connectivity index (χ1n) is 6.89. The van der Waals surface area contributed by atoms with Gasteiger partial charge >= 0.3 is 0 Å². The van der Waals surface area contributed by atoms with Crippen molar-refractivity contribution in [3.63, 3.8) is 0 Å². The van der Waals surface area contributed by atoms with Crippen LogP contribution < -0.4 is 0 Å². The Morgan fingerprint density at radius 2 is 2.10 bits per heavy atom. The highest BCUT2D eigenvalue weighted by Gasteiger charge is 2.17. The Morgan fingerprint density at radius 1 is 1.30 bits per heavy atom. The van der Waals surface area contributed by atoms with Gasteiger partial charge in [0.2, 0.25) is 0 Å². The van der Waals surface area contributed by atoms with Gasteiger partial charge in [0.15, 0.2) is 0 Å². The van der Waals surface area contributed by atoms with Gasteiger partial charge in [0, 0.05) is 38.6 Å². The van der Waals surface area contributed by atoms with Crippen LogP contribution in [-0.2, 0) is 6.54 Å². The van der Waals surface area contributed by atoms with E-state index in [0.29, 0.717) is 0 Å². The molecule has 0 unspecified atom stereocenters. The van der Waals surface area contributed by atoms with E-state index in [-0.39, 0.29) is 6.10 Å². The summed E-state index contributed by atoms with van der Waals surface area (Å²) in [5.74, 6) is 0.985. The molecule has 1 aliphatic heterocycles. The number of halogens is 1. The zero-order valence-corrected chi connectivity index (χ0v) is 12.8. The van der Waals surface area contributed by atoms with Gasteiger partial charge in [-0.15, -0.1) is 11.3 Å². The van der Waals surface area contributed by atoms with Crippen LogP contribution in [0.25, 0.3) is 10.7 Å². The summed E-state index contributed by atoms with van der Waals surface area (Å²) in [4.78, 5) is 7.94. The monoisotopic (exact) mass is 311 g/mol. The van der Waals surface area contributed by atoms with Crippen LogP contribution in [0.1, 0.15) is 12.8 Å². The summed E-state index contributed by atoms with van der Waals surface area (Å²) < 4.78 is 2.97. The van der Waals surface area contributed by atoms with E-state index in [9.17, 15) is 5.11 Å². The largest absolute Gasteiger partial charge is 0.393 e. The molecule has 1 N–H and O–H groups in total. The standard InChI is InChI=1S/C14H18ClN3OS/c15-13-2-1-12(20-13)14-16-5-8-18(14)10-9-17-6-3-11(19)4-7-17/h1-2,5,8,11,19H,3-4,6-7,9-10H2. The van der Waals surface area contributed by atoms with Crippen molar-refractivity contribution in [3.8, 4) is 10.7 Å². The Bertz CT molecular complexity index is 560. The number of aliphatic hydroxyl groups is 1. The van der Waals surface area contributed by atoms with Gasteiger partial charge in [-0.05, 0) is 25.0 Å². The summed E-state index contributed by atoms with van der Waals surface area (Å²) in [5, 5.41) is 9.52. The lowest BCUT2D eigenvalue weighted by atomic mass is 10.1. The predicted octanol–water partition coefficient (Wildman–Crippen LogP) is 2.72. The number of likely N-dealkylation sites (tertiary alicyclic amines) is 1. The van der Waals surface area contributed by atoms with Crippen LogP contribution in [0.2, 0.25) is 4.34 Å². The molecule has 0 bridgehead atoms. The molecule has 6 heteroatoms. The van der Waals surface area contributed by atoms with Crippen LogP contribution >= 0.6 is 22.9 Å². The number of imidazole rings is 1. The van der Waals surface area contributed by atoms with Gasteiger partial charge in [-0.2, -0.15) is 0 Å². The Balaban J connectivity index is 1.62. The van der Waals surface area contributed by atoms with E-state index in [4.69, 9.17) is 11.6 Å². The lowest BCUT2D eigenvalue weighted by Crippen LogP contribution is -2.37. The molecule has 1 aliphatic rings. The second kappa shape index (κ2) is 6.26. The second-order valence-corrected chi connectivity index (χ2v) is 6.84. The number of rotatable bonds is 4. The molecule has 3 heterocycles. The van der Waals surface area contributed by atoms with Crippen molar-refractivity contribution in [2.45, 2.75) is 25.5 Å². The average Bonchev–Trinajstić information content (AvgIpc) is 3.06. The fourth-order valence-electron chi connectivity index (χ4n) is 2.54. The van der Waals surface area contributed by atoms with Gasteiger partial charge in [-0.25, -0.2) is 4.98 Å². The number of aliphatic hydroxyl groups excluding tert-OH is 1. The minimum atomic E-state index is -0.108. The third-order valence-corrected chi connectivity index (χ3v) is 4.95. The maximum absolute atomic E-state index is 9.52. The molecule has 0 saturated carbocycles. The van der Waals surface area contributed by atoms with E-state index in [0.717, 1.165) is 54.1 Å². The number of thiophene rings is 1. The molecule has 2 aromatic heterocycles. The fourth-order valence-corrected chi connectivity index (χ4v) is 3.60. The first-order valence-corrected chi connectivity index (χ1v) is 8.09. The van der Waals surface area contributed by atoms with Crippen molar-refractivity contribution >= 4 is 22.9 Å². The first-order chi connectivity index (χ1) is 9.72. The van der Waals surface area contributed by atoms with Crippen molar-refractivity contribution in [2.24, 2.45) is 0 Å². The molecule has 1 saturated heterocycles. The second-order valence-electron chi connectivity index (χ2n) is 5.12. The van der Waals surface area contributed by atoms with E-state index < -0.39 is 0 Å². The molecule has 2 aromatic rings. The highest BCUT2D eigenvalue weighted by atomic mass is 35.5. The molecule has 0 spiro atoms. The van der Waals surface area contributed by atoms with E-state index in [2.05, 4.69) is 14.5 Å². The minimum Gasteiger partial charge on any atom is -0.393 e. The predicted molar refractivity (Wildman–Crippen MR) is 82.2 cm³/mol. The normalized spacial score (nSPS) is 17.7. The molecule has 0 amide bonds. The van der Waals surface area contributed by atoms with E-state index in [1.807, 2.05) is 24.5 Å². The molecule has 108 valence electrons. The molecule has 0 aliphatic carbocycles. The number of aromatic nitrogens is 2.